The second kappa shape index (κ2) is 4.51. The summed E-state index contributed by atoms with van der Waals surface area (Å²) in [5.41, 5.74) is 0.101. The Hall–Kier alpha value is -1.32. The molecule has 4 heteroatoms. The predicted molar refractivity (Wildman–Crippen MR) is 68.4 cm³/mol. The SMILES string of the molecule is CCOc1cc(NC(C)(C)C2CC2)nc(C)n1. The van der Waals surface area contributed by atoms with E-state index in [-0.39, 0.29) is 5.54 Å². The Balaban J connectivity index is 2.14. The number of anilines is 1. The lowest BCUT2D eigenvalue weighted by atomic mass is 9.99. The lowest BCUT2D eigenvalue weighted by Gasteiger charge is -2.27. The number of ether oxygens (including phenoxy) is 1. The lowest BCUT2D eigenvalue weighted by Crippen LogP contribution is -2.33. The van der Waals surface area contributed by atoms with E-state index < -0.39 is 0 Å². The Morgan fingerprint density at radius 3 is 2.71 bits per heavy atom. The van der Waals surface area contributed by atoms with E-state index in [1.165, 1.54) is 12.8 Å². The maximum absolute atomic E-state index is 5.43. The maximum atomic E-state index is 5.43. The number of nitrogens with one attached hydrogen (secondary N) is 1. The van der Waals surface area contributed by atoms with Crippen LogP contribution >= 0.6 is 0 Å². The molecule has 1 saturated carbocycles. The third-order valence-corrected chi connectivity index (χ3v) is 3.15. The first-order chi connectivity index (χ1) is 8.01. The van der Waals surface area contributed by atoms with Crippen LogP contribution in [0.4, 0.5) is 5.82 Å². The number of hydrogen-bond donors (Lipinski definition) is 1. The van der Waals surface area contributed by atoms with Crippen molar-refractivity contribution in [1.82, 2.24) is 9.97 Å². The van der Waals surface area contributed by atoms with Gasteiger partial charge in [0.1, 0.15) is 11.6 Å². The van der Waals surface area contributed by atoms with Gasteiger partial charge in [0.2, 0.25) is 5.88 Å². The third kappa shape index (κ3) is 3.08. The van der Waals surface area contributed by atoms with Gasteiger partial charge in [-0.2, -0.15) is 4.98 Å². The highest BCUT2D eigenvalue weighted by Crippen LogP contribution is 2.40. The molecule has 0 radical (unpaired) electrons. The molecular weight excluding hydrogens is 214 g/mol. The molecule has 1 N–H and O–H groups in total. The van der Waals surface area contributed by atoms with Crippen LogP contribution in [0.5, 0.6) is 5.88 Å². The van der Waals surface area contributed by atoms with E-state index in [9.17, 15) is 0 Å². The number of aromatic nitrogens is 2. The molecule has 0 atom stereocenters. The topological polar surface area (TPSA) is 47.0 Å². The molecule has 2 rings (SSSR count). The largest absolute Gasteiger partial charge is 0.478 e. The molecule has 4 nitrogen and oxygen atoms in total. The minimum absolute atomic E-state index is 0.101. The van der Waals surface area contributed by atoms with Gasteiger partial charge in [-0.05, 0) is 46.5 Å². The average molecular weight is 235 g/mol. The monoisotopic (exact) mass is 235 g/mol. The van der Waals surface area contributed by atoms with Gasteiger partial charge in [-0.3, -0.25) is 0 Å². The molecule has 0 unspecified atom stereocenters. The lowest BCUT2D eigenvalue weighted by molar-refractivity contribution is 0.325. The highest BCUT2D eigenvalue weighted by molar-refractivity contribution is 5.41. The Kier molecular flexibility index (Phi) is 3.22. The van der Waals surface area contributed by atoms with Gasteiger partial charge in [-0.15, -0.1) is 0 Å². The summed E-state index contributed by atoms with van der Waals surface area (Å²) >= 11 is 0. The summed E-state index contributed by atoms with van der Waals surface area (Å²) in [6.45, 7) is 8.92. The van der Waals surface area contributed by atoms with Gasteiger partial charge < -0.3 is 10.1 Å². The van der Waals surface area contributed by atoms with Crippen molar-refractivity contribution in [2.75, 3.05) is 11.9 Å². The molecule has 17 heavy (non-hydrogen) atoms. The second-order valence-corrected chi connectivity index (χ2v) is 5.19. The first kappa shape index (κ1) is 12.1. The highest BCUT2D eigenvalue weighted by atomic mass is 16.5. The van der Waals surface area contributed by atoms with Gasteiger partial charge in [0.05, 0.1) is 6.61 Å². The average Bonchev–Trinajstić information content (AvgIpc) is 2.98. The first-order valence-corrected chi connectivity index (χ1v) is 6.28. The molecule has 0 spiro atoms. The molecule has 1 aliphatic rings. The Bertz CT molecular complexity index is 400. The van der Waals surface area contributed by atoms with Crippen molar-refractivity contribution in [2.24, 2.45) is 5.92 Å². The minimum Gasteiger partial charge on any atom is -0.478 e. The van der Waals surface area contributed by atoms with Crippen LogP contribution in [0.1, 0.15) is 39.4 Å². The van der Waals surface area contributed by atoms with Crippen molar-refractivity contribution in [3.8, 4) is 5.88 Å². The summed E-state index contributed by atoms with van der Waals surface area (Å²) in [7, 11) is 0. The van der Waals surface area contributed by atoms with Crippen molar-refractivity contribution in [1.29, 1.82) is 0 Å². The van der Waals surface area contributed by atoms with Crippen LogP contribution in [0, 0.1) is 12.8 Å². The molecule has 1 aromatic heterocycles. The van der Waals surface area contributed by atoms with E-state index in [1.807, 2.05) is 19.9 Å². The normalized spacial score (nSPS) is 15.8. The van der Waals surface area contributed by atoms with Gasteiger partial charge in [0, 0.05) is 11.6 Å². The maximum Gasteiger partial charge on any atom is 0.218 e. The zero-order valence-corrected chi connectivity index (χ0v) is 11.1. The standard InChI is InChI=1S/C13H21N3O/c1-5-17-12-8-11(14-9(2)15-12)16-13(3,4)10-6-7-10/h8,10H,5-7H2,1-4H3,(H,14,15,16). The van der Waals surface area contributed by atoms with Crippen LogP contribution in [-0.2, 0) is 0 Å². The third-order valence-electron chi connectivity index (χ3n) is 3.15. The number of aryl methyl sites for hydroxylation is 1. The van der Waals surface area contributed by atoms with E-state index in [0.29, 0.717) is 12.5 Å². The van der Waals surface area contributed by atoms with E-state index in [2.05, 4.69) is 29.1 Å². The second-order valence-electron chi connectivity index (χ2n) is 5.19. The number of hydrogen-bond acceptors (Lipinski definition) is 4. The molecule has 94 valence electrons. The van der Waals surface area contributed by atoms with Gasteiger partial charge in [0.15, 0.2) is 0 Å². The molecule has 1 aromatic rings. The van der Waals surface area contributed by atoms with Crippen LogP contribution in [0.2, 0.25) is 0 Å². The zero-order valence-electron chi connectivity index (χ0n) is 11.1. The fraction of sp³-hybridized carbons (Fsp3) is 0.692. The molecule has 1 heterocycles. The summed E-state index contributed by atoms with van der Waals surface area (Å²) in [6.07, 6.45) is 2.62. The van der Waals surface area contributed by atoms with Crippen LogP contribution in [0.3, 0.4) is 0 Å². The van der Waals surface area contributed by atoms with Crippen molar-refractivity contribution in [2.45, 2.75) is 46.1 Å². The smallest absolute Gasteiger partial charge is 0.218 e. The Morgan fingerprint density at radius 1 is 1.41 bits per heavy atom. The molecule has 0 aromatic carbocycles. The van der Waals surface area contributed by atoms with E-state index in [4.69, 9.17) is 4.74 Å². The van der Waals surface area contributed by atoms with Crippen molar-refractivity contribution < 1.29 is 4.74 Å². The van der Waals surface area contributed by atoms with Crippen molar-refractivity contribution in [3.63, 3.8) is 0 Å². The summed E-state index contributed by atoms with van der Waals surface area (Å²) in [5, 5.41) is 3.49. The van der Waals surface area contributed by atoms with Gasteiger partial charge in [0.25, 0.3) is 0 Å². The molecular formula is C13H21N3O. The van der Waals surface area contributed by atoms with E-state index in [1.54, 1.807) is 0 Å². The predicted octanol–water partition coefficient (Wildman–Crippen LogP) is 2.78. The fourth-order valence-electron chi connectivity index (χ4n) is 2.06. The minimum atomic E-state index is 0.101. The summed E-state index contributed by atoms with van der Waals surface area (Å²) in [4.78, 5) is 8.65. The molecule has 0 bridgehead atoms. The summed E-state index contributed by atoms with van der Waals surface area (Å²) < 4.78 is 5.43. The van der Waals surface area contributed by atoms with Gasteiger partial charge >= 0.3 is 0 Å². The quantitative estimate of drug-likeness (QED) is 0.852. The van der Waals surface area contributed by atoms with E-state index >= 15 is 0 Å². The number of rotatable bonds is 5. The molecule has 0 aliphatic heterocycles. The summed E-state index contributed by atoms with van der Waals surface area (Å²) in [5.74, 6) is 3.00. The van der Waals surface area contributed by atoms with Crippen molar-refractivity contribution >= 4 is 5.82 Å². The Labute approximate surface area is 103 Å². The van der Waals surface area contributed by atoms with Gasteiger partial charge in [-0.1, -0.05) is 0 Å². The van der Waals surface area contributed by atoms with Crippen molar-refractivity contribution in [3.05, 3.63) is 11.9 Å². The van der Waals surface area contributed by atoms with E-state index in [0.717, 1.165) is 17.6 Å². The first-order valence-electron chi connectivity index (χ1n) is 6.28. The van der Waals surface area contributed by atoms with Gasteiger partial charge in [-0.25, -0.2) is 4.98 Å². The Morgan fingerprint density at radius 2 is 2.12 bits per heavy atom. The molecule has 0 amide bonds. The number of nitrogens with zero attached hydrogens (tertiary/aromatic N) is 2. The summed E-state index contributed by atoms with van der Waals surface area (Å²) in [6, 6.07) is 1.88. The highest BCUT2D eigenvalue weighted by Gasteiger charge is 2.37. The van der Waals surface area contributed by atoms with Crippen LogP contribution < -0.4 is 10.1 Å². The van der Waals surface area contributed by atoms with Crippen LogP contribution in [-0.4, -0.2) is 22.1 Å². The fourth-order valence-corrected chi connectivity index (χ4v) is 2.06. The van der Waals surface area contributed by atoms with Crippen LogP contribution in [0.25, 0.3) is 0 Å². The molecule has 0 saturated heterocycles. The molecule has 1 fully saturated rings. The van der Waals surface area contributed by atoms with Crippen LogP contribution in [0.15, 0.2) is 6.07 Å². The molecule has 1 aliphatic carbocycles. The zero-order chi connectivity index (χ0) is 12.5.